The molecule has 3 N–H and O–H groups in total. The minimum Gasteiger partial charge on any atom is -0.317 e. The van der Waals surface area contributed by atoms with E-state index in [1.807, 2.05) is 6.92 Å². The highest BCUT2D eigenvalue weighted by Crippen LogP contribution is 2.19. The van der Waals surface area contributed by atoms with E-state index < -0.39 is 5.54 Å². The molecule has 0 rings (SSSR count). The lowest BCUT2D eigenvalue weighted by Crippen LogP contribution is -2.54. The zero-order valence-corrected chi connectivity index (χ0v) is 27.6. The van der Waals surface area contributed by atoms with Gasteiger partial charge in [-0.2, -0.15) is 0 Å². The van der Waals surface area contributed by atoms with E-state index in [1.165, 1.54) is 148 Å². The van der Waals surface area contributed by atoms with Gasteiger partial charge in [-0.1, -0.05) is 188 Å². The van der Waals surface area contributed by atoms with E-state index >= 15 is 0 Å². The molecule has 0 aliphatic carbocycles. The standard InChI is InChI=1S/C36H72N2O2/c1-4-7-9-11-13-15-17-19-20-21-22-24-26-28-30-32-34(39)38-35(40)36(37,6-3)33-31-29-27-25-23-18-16-14-12-10-8-5-2/h4-33,37H2,1-3H3,(H,38,39,40). The predicted molar refractivity (Wildman–Crippen MR) is 176 cm³/mol. The molecular formula is C36H72N2O2. The molecule has 0 spiro atoms. The number of nitrogens with two attached hydrogens (primary N) is 1. The van der Waals surface area contributed by atoms with Crippen molar-refractivity contribution in [2.24, 2.45) is 5.73 Å². The van der Waals surface area contributed by atoms with Gasteiger partial charge in [0, 0.05) is 6.42 Å². The fourth-order valence-electron chi connectivity index (χ4n) is 5.70. The van der Waals surface area contributed by atoms with Crippen LogP contribution in [0, 0.1) is 0 Å². The first-order valence-electron chi connectivity index (χ1n) is 18.1. The lowest BCUT2D eigenvalue weighted by Gasteiger charge is -2.26. The summed E-state index contributed by atoms with van der Waals surface area (Å²) in [6.45, 7) is 6.50. The van der Waals surface area contributed by atoms with Crippen molar-refractivity contribution < 1.29 is 9.59 Å². The highest BCUT2D eigenvalue weighted by molar-refractivity contribution is 5.99. The summed E-state index contributed by atoms with van der Waals surface area (Å²) in [6.07, 6.45) is 36.8. The van der Waals surface area contributed by atoms with Crippen LogP contribution in [-0.2, 0) is 9.59 Å². The third-order valence-corrected chi connectivity index (χ3v) is 8.82. The Labute approximate surface area is 251 Å². The van der Waals surface area contributed by atoms with Gasteiger partial charge in [-0.05, 0) is 19.3 Å². The van der Waals surface area contributed by atoms with Crippen LogP contribution in [-0.4, -0.2) is 17.4 Å². The summed E-state index contributed by atoms with van der Waals surface area (Å²) in [7, 11) is 0. The van der Waals surface area contributed by atoms with Gasteiger partial charge in [-0.15, -0.1) is 0 Å². The Bertz CT molecular complexity index is 565. The number of rotatable bonds is 31. The van der Waals surface area contributed by atoms with E-state index in [4.69, 9.17) is 5.73 Å². The van der Waals surface area contributed by atoms with Crippen LogP contribution in [0.2, 0.25) is 0 Å². The molecule has 0 aliphatic rings. The maximum atomic E-state index is 12.7. The molecule has 0 aromatic heterocycles. The Morgan fingerprint density at radius 3 is 1.10 bits per heavy atom. The van der Waals surface area contributed by atoms with Gasteiger partial charge < -0.3 is 5.73 Å². The number of unbranched alkanes of at least 4 members (excludes halogenated alkanes) is 25. The van der Waals surface area contributed by atoms with Gasteiger partial charge in [0.25, 0.3) is 0 Å². The van der Waals surface area contributed by atoms with Gasteiger partial charge in [-0.3, -0.25) is 14.9 Å². The predicted octanol–water partition coefficient (Wildman–Crippen LogP) is 11.1. The van der Waals surface area contributed by atoms with Gasteiger partial charge in [0.05, 0.1) is 5.54 Å². The van der Waals surface area contributed by atoms with Crippen LogP contribution in [0.5, 0.6) is 0 Å². The number of carbonyl (C=O) groups excluding carboxylic acids is 2. The van der Waals surface area contributed by atoms with Crippen molar-refractivity contribution >= 4 is 11.8 Å². The topological polar surface area (TPSA) is 72.2 Å². The van der Waals surface area contributed by atoms with E-state index in [0.29, 0.717) is 19.3 Å². The lowest BCUT2D eigenvalue weighted by atomic mass is 9.89. The quantitative estimate of drug-likeness (QED) is 0.0822. The van der Waals surface area contributed by atoms with Crippen LogP contribution in [0.3, 0.4) is 0 Å². The van der Waals surface area contributed by atoms with E-state index in [9.17, 15) is 9.59 Å². The number of carbonyl (C=O) groups is 2. The maximum absolute atomic E-state index is 12.7. The Morgan fingerprint density at radius 2 is 0.775 bits per heavy atom. The molecule has 2 amide bonds. The van der Waals surface area contributed by atoms with Crippen LogP contribution in [0.15, 0.2) is 0 Å². The molecule has 0 heterocycles. The summed E-state index contributed by atoms with van der Waals surface area (Å²) in [5.74, 6) is -0.429. The summed E-state index contributed by atoms with van der Waals surface area (Å²) in [5, 5.41) is 2.61. The Hall–Kier alpha value is -0.900. The van der Waals surface area contributed by atoms with Gasteiger partial charge in [0.15, 0.2) is 0 Å². The Kier molecular flexibility index (Phi) is 28.9. The molecule has 0 saturated heterocycles. The number of nitrogens with one attached hydrogen (secondary N) is 1. The minimum absolute atomic E-state index is 0.155. The zero-order valence-electron chi connectivity index (χ0n) is 27.6. The molecule has 238 valence electrons. The van der Waals surface area contributed by atoms with E-state index in [-0.39, 0.29) is 11.8 Å². The molecule has 0 bridgehead atoms. The summed E-state index contributed by atoms with van der Waals surface area (Å²) in [5.41, 5.74) is 5.53. The molecule has 1 atom stereocenters. The van der Waals surface area contributed by atoms with Crippen molar-refractivity contribution in [1.82, 2.24) is 5.32 Å². The molecule has 0 aromatic rings. The average Bonchev–Trinajstić information content (AvgIpc) is 2.95. The summed E-state index contributed by atoms with van der Waals surface area (Å²) in [6, 6.07) is 0. The van der Waals surface area contributed by atoms with Crippen LogP contribution < -0.4 is 11.1 Å². The normalized spacial score (nSPS) is 12.9. The zero-order chi connectivity index (χ0) is 29.6. The molecule has 4 nitrogen and oxygen atoms in total. The van der Waals surface area contributed by atoms with Gasteiger partial charge in [-0.25, -0.2) is 0 Å². The van der Waals surface area contributed by atoms with E-state index in [2.05, 4.69) is 19.2 Å². The van der Waals surface area contributed by atoms with E-state index in [1.54, 1.807) is 0 Å². The second-order valence-electron chi connectivity index (χ2n) is 12.7. The smallest absolute Gasteiger partial charge is 0.246 e. The molecule has 0 aromatic carbocycles. The third kappa shape index (κ3) is 24.9. The number of hydrogen-bond acceptors (Lipinski definition) is 3. The van der Waals surface area contributed by atoms with Gasteiger partial charge in [0.1, 0.15) is 0 Å². The first kappa shape index (κ1) is 39.1. The van der Waals surface area contributed by atoms with Crippen LogP contribution in [0.25, 0.3) is 0 Å². The van der Waals surface area contributed by atoms with Crippen LogP contribution in [0.4, 0.5) is 0 Å². The molecule has 0 fully saturated rings. The minimum atomic E-state index is -0.913. The third-order valence-electron chi connectivity index (χ3n) is 8.82. The number of amides is 2. The molecule has 4 heteroatoms. The molecule has 0 aliphatic heterocycles. The fraction of sp³-hybridized carbons (Fsp3) is 0.944. The van der Waals surface area contributed by atoms with Crippen molar-refractivity contribution in [2.45, 2.75) is 219 Å². The lowest BCUT2D eigenvalue weighted by molar-refractivity contribution is -0.134. The first-order chi connectivity index (χ1) is 19.5. The summed E-state index contributed by atoms with van der Waals surface area (Å²) in [4.78, 5) is 25.1. The van der Waals surface area contributed by atoms with Crippen LogP contribution in [0.1, 0.15) is 213 Å². The molecule has 40 heavy (non-hydrogen) atoms. The van der Waals surface area contributed by atoms with Crippen molar-refractivity contribution in [1.29, 1.82) is 0 Å². The number of hydrogen-bond donors (Lipinski definition) is 2. The molecule has 0 radical (unpaired) electrons. The second-order valence-corrected chi connectivity index (χ2v) is 12.7. The van der Waals surface area contributed by atoms with Crippen molar-refractivity contribution in [3.63, 3.8) is 0 Å². The SMILES string of the molecule is CCCCCCCCCCCCCCCCCC(=O)NC(=O)C(N)(CC)CCCCCCCCCCCCCC. The summed E-state index contributed by atoms with van der Waals surface area (Å²) >= 11 is 0. The fourth-order valence-corrected chi connectivity index (χ4v) is 5.70. The van der Waals surface area contributed by atoms with Crippen molar-refractivity contribution in [3.8, 4) is 0 Å². The highest BCUT2D eigenvalue weighted by atomic mass is 16.2. The van der Waals surface area contributed by atoms with Crippen LogP contribution >= 0.6 is 0 Å². The van der Waals surface area contributed by atoms with Gasteiger partial charge in [0.2, 0.25) is 11.8 Å². The largest absolute Gasteiger partial charge is 0.317 e. The monoisotopic (exact) mass is 565 g/mol. The Morgan fingerprint density at radius 1 is 0.475 bits per heavy atom. The second kappa shape index (κ2) is 29.6. The van der Waals surface area contributed by atoms with E-state index in [0.717, 1.165) is 25.7 Å². The van der Waals surface area contributed by atoms with Crippen molar-refractivity contribution in [3.05, 3.63) is 0 Å². The first-order valence-corrected chi connectivity index (χ1v) is 18.1. The molecule has 0 saturated carbocycles. The molecular weight excluding hydrogens is 492 g/mol. The highest BCUT2D eigenvalue weighted by Gasteiger charge is 2.32. The van der Waals surface area contributed by atoms with Crippen molar-refractivity contribution in [2.75, 3.05) is 0 Å². The number of imide groups is 1. The average molecular weight is 565 g/mol. The Balaban J connectivity index is 3.68. The van der Waals surface area contributed by atoms with Gasteiger partial charge >= 0.3 is 0 Å². The molecule has 1 unspecified atom stereocenters. The summed E-state index contributed by atoms with van der Waals surface area (Å²) < 4.78 is 0. The maximum Gasteiger partial charge on any atom is 0.246 e.